The molecule has 0 saturated carbocycles. The molecule has 0 saturated heterocycles. The Morgan fingerprint density at radius 3 is 2.71 bits per heavy atom. The standard InChI is InChI=1S/C15H15N9/c1-9(10-3-4-13(16)17-5-10)24-15-14(21-22-24)18-7-12(20-15)11-6-19-23(2)8-11/h3-9H,1-2H3,(H2,16,17). The maximum absolute atomic E-state index is 5.65. The first-order valence-corrected chi connectivity index (χ1v) is 7.40. The van der Waals surface area contributed by atoms with Gasteiger partial charge in [0.05, 0.1) is 24.1 Å². The number of nitrogens with zero attached hydrogens (tertiary/aromatic N) is 8. The van der Waals surface area contributed by atoms with Crippen molar-refractivity contribution in [1.29, 1.82) is 0 Å². The monoisotopic (exact) mass is 321 g/mol. The molecule has 0 radical (unpaired) electrons. The second-order valence-corrected chi connectivity index (χ2v) is 5.53. The smallest absolute Gasteiger partial charge is 0.221 e. The van der Waals surface area contributed by atoms with Crippen molar-refractivity contribution < 1.29 is 0 Å². The Hall–Kier alpha value is -3.36. The van der Waals surface area contributed by atoms with E-state index in [1.165, 1.54) is 0 Å². The summed E-state index contributed by atoms with van der Waals surface area (Å²) in [6.07, 6.45) is 7.04. The van der Waals surface area contributed by atoms with E-state index < -0.39 is 0 Å². The van der Waals surface area contributed by atoms with Crippen molar-refractivity contribution in [2.45, 2.75) is 13.0 Å². The topological polar surface area (TPSA) is 113 Å². The molecule has 2 N–H and O–H groups in total. The fraction of sp³-hybridized carbons (Fsp3) is 0.200. The van der Waals surface area contributed by atoms with Crippen LogP contribution in [-0.2, 0) is 7.05 Å². The molecule has 0 fully saturated rings. The maximum Gasteiger partial charge on any atom is 0.221 e. The largest absolute Gasteiger partial charge is 0.384 e. The summed E-state index contributed by atoms with van der Waals surface area (Å²) >= 11 is 0. The summed E-state index contributed by atoms with van der Waals surface area (Å²) in [6.45, 7) is 2.00. The Morgan fingerprint density at radius 2 is 2.00 bits per heavy atom. The van der Waals surface area contributed by atoms with E-state index in [2.05, 4.69) is 30.4 Å². The lowest BCUT2D eigenvalue weighted by atomic mass is 10.1. The average molecular weight is 321 g/mol. The van der Waals surface area contributed by atoms with E-state index in [1.54, 1.807) is 34.0 Å². The van der Waals surface area contributed by atoms with Crippen LogP contribution in [0.4, 0.5) is 5.82 Å². The van der Waals surface area contributed by atoms with Crippen molar-refractivity contribution in [3.8, 4) is 11.3 Å². The zero-order valence-corrected chi connectivity index (χ0v) is 13.2. The maximum atomic E-state index is 5.65. The van der Waals surface area contributed by atoms with Gasteiger partial charge in [0, 0.05) is 25.0 Å². The molecule has 4 rings (SSSR count). The van der Waals surface area contributed by atoms with Crippen LogP contribution >= 0.6 is 0 Å². The molecule has 0 aliphatic heterocycles. The Balaban J connectivity index is 1.79. The van der Waals surface area contributed by atoms with Crippen molar-refractivity contribution >= 4 is 17.1 Å². The van der Waals surface area contributed by atoms with Gasteiger partial charge < -0.3 is 5.73 Å². The van der Waals surface area contributed by atoms with Gasteiger partial charge >= 0.3 is 0 Å². The van der Waals surface area contributed by atoms with Crippen LogP contribution in [0, 0.1) is 0 Å². The van der Waals surface area contributed by atoms with Crippen LogP contribution in [0.3, 0.4) is 0 Å². The third-order valence-electron chi connectivity index (χ3n) is 3.85. The SMILES string of the molecule is CC(c1ccc(N)nc1)n1nnc2ncc(-c3cnn(C)c3)nc21. The lowest BCUT2D eigenvalue weighted by Gasteiger charge is -2.12. The second-order valence-electron chi connectivity index (χ2n) is 5.53. The number of aryl methyl sites for hydroxylation is 1. The number of aromatic nitrogens is 8. The zero-order valence-electron chi connectivity index (χ0n) is 13.2. The van der Waals surface area contributed by atoms with Crippen LogP contribution in [0.1, 0.15) is 18.5 Å². The van der Waals surface area contributed by atoms with Crippen molar-refractivity contribution in [1.82, 2.24) is 39.7 Å². The van der Waals surface area contributed by atoms with Crippen LogP contribution in [-0.4, -0.2) is 39.7 Å². The molecule has 4 aromatic heterocycles. The highest BCUT2D eigenvalue weighted by atomic mass is 15.5. The van der Waals surface area contributed by atoms with Crippen molar-refractivity contribution in [2.75, 3.05) is 5.73 Å². The molecule has 4 heterocycles. The minimum absolute atomic E-state index is 0.0958. The van der Waals surface area contributed by atoms with E-state index in [1.807, 2.05) is 26.2 Å². The number of hydrogen-bond acceptors (Lipinski definition) is 7. The van der Waals surface area contributed by atoms with Gasteiger partial charge in [0.2, 0.25) is 5.65 Å². The summed E-state index contributed by atoms with van der Waals surface area (Å²) in [4.78, 5) is 13.1. The van der Waals surface area contributed by atoms with Gasteiger partial charge in [0.25, 0.3) is 0 Å². The minimum Gasteiger partial charge on any atom is -0.384 e. The molecule has 1 unspecified atom stereocenters. The van der Waals surface area contributed by atoms with Crippen molar-refractivity contribution in [3.05, 3.63) is 42.5 Å². The molecule has 0 bridgehead atoms. The van der Waals surface area contributed by atoms with Crippen LogP contribution in [0.25, 0.3) is 22.6 Å². The normalized spacial score (nSPS) is 12.6. The van der Waals surface area contributed by atoms with E-state index in [0.717, 1.165) is 16.8 Å². The summed E-state index contributed by atoms with van der Waals surface area (Å²) in [5, 5.41) is 12.5. The summed E-state index contributed by atoms with van der Waals surface area (Å²) in [6, 6.07) is 3.58. The molecule has 9 nitrogen and oxygen atoms in total. The number of nitrogens with two attached hydrogens (primary N) is 1. The number of pyridine rings is 1. The molecular formula is C15H15N9. The average Bonchev–Trinajstić information content (AvgIpc) is 3.20. The van der Waals surface area contributed by atoms with E-state index >= 15 is 0 Å². The van der Waals surface area contributed by atoms with E-state index in [4.69, 9.17) is 5.73 Å². The van der Waals surface area contributed by atoms with Gasteiger partial charge in [-0.25, -0.2) is 19.6 Å². The van der Waals surface area contributed by atoms with Gasteiger partial charge in [0.15, 0.2) is 5.65 Å². The Bertz CT molecular complexity index is 999. The van der Waals surface area contributed by atoms with Gasteiger partial charge in [-0.3, -0.25) is 4.68 Å². The fourth-order valence-electron chi connectivity index (χ4n) is 2.49. The molecule has 9 heteroatoms. The third kappa shape index (κ3) is 2.35. The highest BCUT2D eigenvalue weighted by Gasteiger charge is 2.16. The number of rotatable bonds is 3. The van der Waals surface area contributed by atoms with Crippen molar-refractivity contribution in [2.24, 2.45) is 7.05 Å². The van der Waals surface area contributed by atoms with Gasteiger partial charge in [-0.05, 0) is 18.6 Å². The number of anilines is 1. The van der Waals surface area contributed by atoms with Crippen LogP contribution in [0.5, 0.6) is 0 Å². The highest BCUT2D eigenvalue weighted by molar-refractivity contribution is 5.69. The third-order valence-corrected chi connectivity index (χ3v) is 3.85. The Morgan fingerprint density at radius 1 is 1.12 bits per heavy atom. The fourth-order valence-corrected chi connectivity index (χ4v) is 2.49. The molecule has 4 aromatic rings. The number of nitrogen functional groups attached to an aromatic ring is 1. The van der Waals surface area contributed by atoms with Gasteiger partial charge in [-0.1, -0.05) is 11.3 Å². The summed E-state index contributed by atoms with van der Waals surface area (Å²) in [5.41, 5.74) is 9.33. The Kier molecular flexibility index (Phi) is 3.19. The zero-order chi connectivity index (χ0) is 16.7. The van der Waals surface area contributed by atoms with E-state index in [-0.39, 0.29) is 6.04 Å². The van der Waals surface area contributed by atoms with E-state index in [9.17, 15) is 0 Å². The summed E-state index contributed by atoms with van der Waals surface area (Å²) in [5.74, 6) is 0.480. The Labute approximate surface area is 137 Å². The molecule has 120 valence electrons. The number of hydrogen-bond donors (Lipinski definition) is 1. The lowest BCUT2D eigenvalue weighted by molar-refractivity contribution is 0.555. The molecule has 0 aliphatic rings. The molecule has 0 spiro atoms. The predicted octanol–water partition coefficient (Wildman–Crippen LogP) is 1.21. The first kappa shape index (κ1) is 14.2. The van der Waals surface area contributed by atoms with Gasteiger partial charge in [-0.15, -0.1) is 5.10 Å². The molecule has 24 heavy (non-hydrogen) atoms. The molecular weight excluding hydrogens is 306 g/mol. The van der Waals surface area contributed by atoms with E-state index in [0.29, 0.717) is 17.1 Å². The van der Waals surface area contributed by atoms with Crippen LogP contribution in [0.15, 0.2) is 36.9 Å². The molecule has 1 atom stereocenters. The molecule has 0 aliphatic carbocycles. The lowest BCUT2D eigenvalue weighted by Crippen LogP contribution is -2.10. The highest BCUT2D eigenvalue weighted by Crippen LogP contribution is 2.22. The van der Waals surface area contributed by atoms with Gasteiger partial charge in [0.1, 0.15) is 5.82 Å². The quantitative estimate of drug-likeness (QED) is 0.603. The predicted molar refractivity (Wildman–Crippen MR) is 87.8 cm³/mol. The first-order chi connectivity index (χ1) is 11.6. The van der Waals surface area contributed by atoms with Gasteiger partial charge in [-0.2, -0.15) is 5.10 Å². The number of fused-ring (bicyclic) bond motifs is 1. The molecule has 0 amide bonds. The second kappa shape index (κ2) is 5.37. The van der Waals surface area contributed by atoms with Crippen molar-refractivity contribution in [3.63, 3.8) is 0 Å². The summed E-state index contributed by atoms with van der Waals surface area (Å²) < 4.78 is 3.45. The van der Waals surface area contributed by atoms with Crippen LogP contribution < -0.4 is 5.73 Å². The first-order valence-electron chi connectivity index (χ1n) is 7.40. The minimum atomic E-state index is -0.0958. The summed E-state index contributed by atoms with van der Waals surface area (Å²) in [7, 11) is 1.86. The van der Waals surface area contributed by atoms with Crippen LogP contribution in [0.2, 0.25) is 0 Å². The molecule has 0 aromatic carbocycles.